The number of nitriles is 1. The summed E-state index contributed by atoms with van der Waals surface area (Å²) in [6.07, 6.45) is 1.35. The van der Waals surface area contributed by atoms with E-state index in [9.17, 15) is 14.9 Å². The molecule has 0 aliphatic carbocycles. The van der Waals surface area contributed by atoms with Crippen LogP contribution in [0.15, 0.2) is 60.3 Å². The molecule has 0 atom stereocenters. The van der Waals surface area contributed by atoms with Crippen molar-refractivity contribution in [3.8, 4) is 6.07 Å². The Hall–Kier alpha value is -3.66. The van der Waals surface area contributed by atoms with Gasteiger partial charge in [0, 0.05) is 30.6 Å². The molecule has 0 unspecified atom stereocenters. The Balaban J connectivity index is 1.96. The molecule has 126 valence electrons. The molecule has 0 radical (unpaired) electrons. The van der Waals surface area contributed by atoms with Crippen LogP contribution in [-0.2, 0) is 11.3 Å². The molecule has 0 heterocycles. The van der Waals surface area contributed by atoms with Crippen LogP contribution in [-0.4, -0.2) is 10.8 Å². The van der Waals surface area contributed by atoms with Gasteiger partial charge in [0.15, 0.2) is 0 Å². The maximum atomic E-state index is 12.1. The number of nitrogens with one attached hydrogen (secondary N) is 2. The van der Waals surface area contributed by atoms with Crippen molar-refractivity contribution >= 4 is 17.3 Å². The van der Waals surface area contributed by atoms with Crippen LogP contribution < -0.4 is 10.6 Å². The second-order valence-electron chi connectivity index (χ2n) is 5.29. The quantitative estimate of drug-likeness (QED) is 0.365. The van der Waals surface area contributed by atoms with Crippen LogP contribution in [0.2, 0.25) is 0 Å². The maximum absolute atomic E-state index is 12.1. The van der Waals surface area contributed by atoms with Crippen LogP contribution in [0, 0.1) is 28.4 Å². The molecule has 2 aromatic carbocycles. The van der Waals surface area contributed by atoms with E-state index in [-0.39, 0.29) is 11.3 Å². The van der Waals surface area contributed by atoms with Crippen LogP contribution in [0.1, 0.15) is 11.1 Å². The van der Waals surface area contributed by atoms with E-state index in [2.05, 4.69) is 10.6 Å². The van der Waals surface area contributed by atoms with Crippen molar-refractivity contribution in [3.63, 3.8) is 0 Å². The van der Waals surface area contributed by atoms with E-state index in [1.54, 1.807) is 0 Å². The lowest BCUT2D eigenvalue weighted by Gasteiger charge is -2.05. The fourth-order valence-corrected chi connectivity index (χ4v) is 1.99. The van der Waals surface area contributed by atoms with Gasteiger partial charge in [-0.3, -0.25) is 14.9 Å². The highest BCUT2D eigenvalue weighted by Gasteiger charge is 2.10. The lowest BCUT2D eigenvalue weighted by molar-refractivity contribution is -0.384. The van der Waals surface area contributed by atoms with E-state index in [0.29, 0.717) is 12.2 Å². The van der Waals surface area contributed by atoms with Crippen molar-refractivity contribution in [2.45, 2.75) is 13.5 Å². The van der Waals surface area contributed by atoms with E-state index in [1.807, 2.05) is 37.3 Å². The molecule has 0 aliphatic rings. The normalized spacial score (nSPS) is 10.6. The topological polar surface area (TPSA) is 108 Å². The Morgan fingerprint density at radius 3 is 2.40 bits per heavy atom. The first kappa shape index (κ1) is 17.7. The van der Waals surface area contributed by atoms with Crippen molar-refractivity contribution in [2.75, 3.05) is 5.32 Å². The van der Waals surface area contributed by atoms with Gasteiger partial charge in [-0.25, -0.2) is 0 Å². The van der Waals surface area contributed by atoms with E-state index < -0.39 is 10.8 Å². The van der Waals surface area contributed by atoms with Crippen LogP contribution >= 0.6 is 0 Å². The van der Waals surface area contributed by atoms with Crippen molar-refractivity contribution < 1.29 is 9.72 Å². The Morgan fingerprint density at radius 2 is 1.84 bits per heavy atom. The van der Waals surface area contributed by atoms with Gasteiger partial charge in [0.2, 0.25) is 0 Å². The molecule has 0 spiro atoms. The number of amides is 1. The summed E-state index contributed by atoms with van der Waals surface area (Å²) in [6, 6.07) is 15.1. The summed E-state index contributed by atoms with van der Waals surface area (Å²) in [7, 11) is 0. The maximum Gasteiger partial charge on any atom is 0.269 e. The van der Waals surface area contributed by atoms with E-state index >= 15 is 0 Å². The Morgan fingerprint density at radius 1 is 1.20 bits per heavy atom. The summed E-state index contributed by atoms with van der Waals surface area (Å²) in [5.74, 6) is -0.590. The highest BCUT2D eigenvalue weighted by atomic mass is 16.6. The zero-order valence-corrected chi connectivity index (χ0v) is 13.5. The standard InChI is InChI=1S/C18H16N4O3/c1-13-2-4-14(5-3-13)11-20-12-15(10-19)18(23)21-16-6-8-17(9-7-16)22(24)25/h2-9,12,20H,11H2,1H3,(H,21,23)/b15-12-. The molecule has 2 aromatic rings. The summed E-state index contributed by atoms with van der Waals surface area (Å²) in [5.41, 5.74) is 2.38. The molecule has 0 saturated carbocycles. The van der Waals surface area contributed by atoms with Crippen LogP contribution in [0.3, 0.4) is 0 Å². The molecule has 0 aromatic heterocycles. The lowest BCUT2D eigenvalue weighted by Crippen LogP contribution is -2.16. The molecule has 2 rings (SSSR count). The molecule has 0 aliphatic heterocycles. The second-order valence-corrected chi connectivity index (χ2v) is 5.29. The van der Waals surface area contributed by atoms with Gasteiger partial charge in [-0.05, 0) is 24.6 Å². The van der Waals surface area contributed by atoms with Crippen LogP contribution in [0.5, 0.6) is 0 Å². The number of carbonyl (C=O) groups excluding carboxylic acids is 1. The Bertz CT molecular complexity index is 834. The number of carbonyl (C=O) groups is 1. The molecule has 2 N–H and O–H groups in total. The Kier molecular flexibility index (Phi) is 5.85. The van der Waals surface area contributed by atoms with Crippen molar-refractivity contribution in [2.24, 2.45) is 0 Å². The number of rotatable bonds is 6. The highest BCUT2D eigenvalue weighted by molar-refractivity contribution is 6.06. The van der Waals surface area contributed by atoms with Gasteiger partial charge in [0.05, 0.1) is 4.92 Å². The van der Waals surface area contributed by atoms with Crippen molar-refractivity contribution in [3.05, 3.63) is 81.5 Å². The zero-order valence-electron chi connectivity index (χ0n) is 13.5. The first-order valence-corrected chi connectivity index (χ1v) is 7.44. The number of aryl methyl sites for hydroxylation is 1. The SMILES string of the molecule is Cc1ccc(CN/C=C(/C#N)C(=O)Nc2ccc([N+](=O)[O-])cc2)cc1. The number of nitro benzene ring substituents is 1. The molecule has 0 fully saturated rings. The van der Waals surface area contributed by atoms with E-state index in [1.165, 1.54) is 30.5 Å². The fourth-order valence-electron chi connectivity index (χ4n) is 1.99. The first-order chi connectivity index (χ1) is 12.0. The monoisotopic (exact) mass is 336 g/mol. The minimum Gasteiger partial charge on any atom is -0.386 e. The minimum absolute atomic E-state index is 0.0752. The number of hydrogen-bond acceptors (Lipinski definition) is 5. The highest BCUT2D eigenvalue weighted by Crippen LogP contribution is 2.15. The minimum atomic E-state index is -0.590. The van der Waals surface area contributed by atoms with Gasteiger partial charge < -0.3 is 10.6 Å². The molecule has 0 saturated heterocycles. The van der Waals surface area contributed by atoms with Crippen molar-refractivity contribution in [1.29, 1.82) is 5.26 Å². The number of benzene rings is 2. The zero-order chi connectivity index (χ0) is 18.2. The van der Waals surface area contributed by atoms with E-state index in [4.69, 9.17) is 5.26 Å². The summed E-state index contributed by atoms with van der Waals surface area (Å²) in [5, 5.41) is 25.2. The molecule has 7 heteroatoms. The largest absolute Gasteiger partial charge is 0.386 e. The second kappa shape index (κ2) is 8.26. The van der Waals surface area contributed by atoms with E-state index in [0.717, 1.165) is 11.1 Å². The Labute approximate surface area is 144 Å². The summed E-state index contributed by atoms with van der Waals surface area (Å²) >= 11 is 0. The van der Waals surface area contributed by atoms with Gasteiger partial charge in [0.25, 0.3) is 11.6 Å². The molecular formula is C18H16N4O3. The van der Waals surface area contributed by atoms with Gasteiger partial charge in [0.1, 0.15) is 11.6 Å². The average Bonchev–Trinajstić information content (AvgIpc) is 2.60. The van der Waals surface area contributed by atoms with Crippen LogP contribution in [0.25, 0.3) is 0 Å². The number of nitrogens with zero attached hydrogens (tertiary/aromatic N) is 2. The van der Waals surface area contributed by atoms with Gasteiger partial charge >= 0.3 is 0 Å². The fraction of sp³-hybridized carbons (Fsp3) is 0.111. The third-order valence-corrected chi connectivity index (χ3v) is 3.37. The van der Waals surface area contributed by atoms with Gasteiger partial charge in [-0.15, -0.1) is 0 Å². The van der Waals surface area contributed by atoms with Gasteiger partial charge in [-0.2, -0.15) is 5.26 Å². The number of hydrogen-bond donors (Lipinski definition) is 2. The molecule has 25 heavy (non-hydrogen) atoms. The number of anilines is 1. The molecule has 7 nitrogen and oxygen atoms in total. The number of nitro groups is 1. The van der Waals surface area contributed by atoms with Crippen molar-refractivity contribution in [1.82, 2.24) is 5.32 Å². The smallest absolute Gasteiger partial charge is 0.269 e. The molecule has 1 amide bonds. The summed E-state index contributed by atoms with van der Waals surface area (Å²) in [6.45, 7) is 2.48. The third kappa shape index (κ3) is 5.18. The lowest BCUT2D eigenvalue weighted by atomic mass is 10.1. The summed E-state index contributed by atoms with van der Waals surface area (Å²) < 4.78 is 0. The van der Waals surface area contributed by atoms with Gasteiger partial charge in [-0.1, -0.05) is 29.8 Å². The predicted octanol–water partition coefficient (Wildman–Crippen LogP) is 3.04. The average molecular weight is 336 g/mol. The van der Waals surface area contributed by atoms with Crippen LogP contribution in [0.4, 0.5) is 11.4 Å². The first-order valence-electron chi connectivity index (χ1n) is 7.44. The number of non-ortho nitro benzene ring substituents is 1. The predicted molar refractivity (Wildman–Crippen MR) is 93.4 cm³/mol. The summed E-state index contributed by atoms with van der Waals surface area (Å²) in [4.78, 5) is 22.1. The third-order valence-electron chi connectivity index (χ3n) is 3.37. The molecule has 0 bridgehead atoms. The molecular weight excluding hydrogens is 320 g/mol.